The van der Waals surface area contributed by atoms with Gasteiger partial charge in [0.25, 0.3) is 5.91 Å². The van der Waals surface area contributed by atoms with E-state index in [0.29, 0.717) is 30.0 Å². The predicted octanol–water partition coefficient (Wildman–Crippen LogP) is 1.89. The van der Waals surface area contributed by atoms with E-state index in [2.05, 4.69) is 22.5 Å². The highest BCUT2D eigenvalue weighted by Crippen LogP contribution is 2.22. The fourth-order valence-electron chi connectivity index (χ4n) is 2.87. The summed E-state index contributed by atoms with van der Waals surface area (Å²) in [5.74, 6) is 0.401. The van der Waals surface area contributed by atoms with Crippen molar-refractivity contribution in [1.82, 2.24) is 15.5 Å². The molecular weight excluding hydrogens is 312 g/mol. The van der Waals surface area contributed by atoms with Gasteiger partial charge in [-0.05, 0) is 36.6 Å². The van der Waals surface area contributed by atoms with E-state index >= 15 is 0 Å². The monoisotopic (exact) mass is 332 g/mol. The summed E-state index contributed by atoms with van der Waals surface area (Å²) < 4.78 is 0. The molecule has 23 heavy (non-hydrogen) atoms. The molecule has 2 aliphatic heterocycles. The van der Waals surface area contributed by atoms with Gasteiger partial charge < -0.3 is 15.5 Å². The molecule has 0 aromatic heterocycles. The zero-order valence-corrected chi connectivity index (χ0v) is 13.9. The van der Waals surface area contributed by atoms with Gasteiger partial charge in [-0.2, -0.15) is 0 Å². The summed E-state index contributed by atoms with van der Waals surface area (Å²) in [7, 11) is 0. The number of amidine groups is 1. The lowest BCUT2D eigenvalue weighted by atomic mass is 10.0. The lowest BCUT2D eigenvalue weighted by molar-refractivity contribution is -0.125. The Kier molecular flexibility index (Phi) is 4.98. The number of benzene rings is 1. The van der Waals surface area contributed by atoms with Crippen LogP contribution >= 0.6 is 11.6 Å². The number of nitrogens with zero attached hydrogens (tertiary/aromatic N) is 2. The summed E-state index contributed by atoms with van der Waals surface area (Å²) in [4.78, 5) is 18.9. The van der Waals surface area contributed by atoms with E-state index in [1.807, 2.05) is 35.4 Å². The van der Waals surface area contributed by atoms with Crippen LogP contribution in [0.15, 0.2) is 35.5 Å². The summed E-state index contributed by atoms with van der Waals surface area (Å²) in [6, 6.07) is 8.05. The van der Waals surface area contributed by atoms with Crippen LogP contribution in [0.25, 0.3) is 5.57 Å². The highest BCUT2D eigenvalue weighted by Gasteiger charge is 2.24. The maximum Gasteiger partial charge on any atom is 0.289 e. The largest absolute Gasteiger partial charge is 0.342 e. The Morgan fingerprint density at radius 1 is 1.43 bits per heavy atom. The number of amides is 1. The maximum atomic E-state index is 12.6. The van der Waals surface area contributed by atoms with Gasteiger partial charge in [0, 0.05) is 43.4 Å². The molecule has 2 N–H and O–H groups in total. The second kappa shape index (κ2) is 7.15. The molecule has 0 bridgehead atoms. The van der Waals surface area contributed by atoms with E-state index in [1.165, 1.54) is 0 Å². The Hall–Kier alpha value is -1.85. The highest BCUT2D eigenvalue weighted by molar-refractivity contribution is 6.38. The first-order valence-corrected chi connectivity index (χ1v) is 8.30. The molecule has 1 amide bonds. The van der Waals surface area contributed by atoms with Gasteiger partial charge in [0.1, 0.15) is 0 Å². The zero-order valence-electron chi connectivity index (χ0n) is 13.2. The van der Waals surface area contributed by atoms with Gasteiger partial charge >= 0.3 is 0 Å². The number of rotatable bonds is 2. The molecule has 5 nitrogen and oxygen atoms in total. The first kappa shape index (κ1) is 16.0. The molecule has 1 atom stereocenters. The Bertz CT molecular complexity index is 656. The van der Waals surface area contributed by atoms with Gasteiger partial charge in [-0.3, -0.25) is 9.79 Å². The molecule has 0 saturated carbocycles. The molecular formula is C17H21ClN4O. The topological polar surface area (TPSA) is 56.7 Å². The van der Waals surface area contributed by atoms with Crippen LogP contribution in [-0.2, 0) is 4.79 Å². The standard InChI is InChI=1S/C17H21ClN4O/c1-12-11-22(8-7-19-12)17(23)16-20-6-5-14(10-21-16)13-3-2-4-15(18)9-13/h2-4,9-10,12,19H,5-8,11H2,1H3,(H,20,21). The maximum absolute atomic E-state index is 12.6. The number of hydrogen-bond acceptors (Lipinski definition) is 4. The van der Waals surface area contributed by atoms with Crippen LogP contribution in [0.4, 0.5) is 0 Å². The molecule has 3 rings (SSSR count). The first-order chi connectivity index (χ1) is 11.1. The second-order valence-electron chi connectivity index (χ2n) is 5.91. The minimum atomic E-state index is -0.0260. The average molecular weight is 333 g/mol. The Balaban J connectivity index is 1.71. The molecule has 1 aromatic rings. The van der Waals surface area contributed by atoms with Crippen molar-refractivity contribution in [2.45, 2.75) is 19.4 Å². The minimum Gasteiger partial charge on any atom is -0.342 e. The third-order valence-electron chi connectivity index (χ3n) is 4.09. The zero-order chi connectivity index (χ0) is 16.2. The highest BCUT2D eigenvalue weighted by atomic mass is 35.5. The minimum absolute atomic E-state index is 0.0260. The number of hydrogen-bond donors (Lipinski definition) is 2. The van der Waals surface area contributed by atoms with Crippen LogP contribution < -0.4 is 10.6 Å². The molecule has 122 valence electrons. The summed E-state index contributed by atoms with van der Waals surface area (Å²) in [5.41, 5.74) is 2.16. The summed E-state index contributed by atoms with van der Waals surface area (Å²) in [6.07, 6.45) is 2.66. The van der Waals surface area contributed by atoms with Crippen molar-refractivity contribution in [3.8, 4) is 0 Å². The van der Waals surface area contributed by atoms with Gasteiger partial charge in [-0.25, -0.2) is 0 Å². The number of carbonyl (C=O) groups excluding carboxylic acids is 1. The lowest BCUT2D eigenvalue weighted by Crippen LogP contribution is -2.54. The molecule has 2 aliphatic rings. The second-order valence-corrected chi connectivity index (χ2v) is 6.35. The van der Waals surface area contributed by atoms with E-state index in [9.17, 15) is 4.79 Å². The first-order valence-electron chi connectivity index (χ1n) is 7.92. The van der Waals surface area contributed by atoms with Gasteiger partial charge in [0.15, 0.2) is 5.84 Å². The van der Waals surface area contributed by atoms with Crippen molar-refractivity contribution in [2.24, 2.45) is 4.99 Å². The number of aliphatic imine (C=N–C) groups is 1. The number of carbonyl (C=O) groups is 1. The van der Waals surface area contributed by atoms with E-state index in [-0.39, 0.29) is 5.91 Å². The van der Waals surface area contributed by atoms with Crippen molar-refractivity contribution >= 4 is 28.9 Å². The van der Waals surface area contributed by atoms with Crippen LogP contribution in [0.3, 0.4) is 0 Å². The van der Waals surface area contributed by atoms with Gasteiger partial charge in [-0.1, -0.05) is 23.7 Å². The van der Waals surface area contributed by atoms with E-state index in [1.54, 1.807) is 0 Å². The van der Waals surface area contributed by atoms with Crippen molar-refractivity contribution in [3.63, 3.8) is 0 Å². The fraction of sp³-hybridized carbons (Fsp3) is 0.412. The molecule has 1 aromatic carbocycles. The molecule has 1 unspecified atom stereocenters. The summed E-state index contributed by atoms with van der Waals surface area (Å²) >= 11 is 6.06. The van der Waals surface area contributed by atoms with Gasteiger partial charge in [-0.15, -0.1) is 0 Å². The number of halogens is 1. The van der Waals surface area contributed by atoms with Crippen LogP contribution in [0.5, 0.6) is 0 Å². The van der Waals surface area contributed by atoms with Gasteiger partial charge in [0.05, 0.1) is 0 Å². The Morgan fingerprint density at radius 3 is 3.09 bits per heavy atom. The third kappa shape index (κ3) is 3.92. The molecule has 0 radical (unpaired) electrons. The third-order valence-corrected chi connectivity index (χ3v) is 4.32. The fourth-order valence-corrected chi connectivity index (χ4v) is 3.06. The SMILES string of the molecule is CC1CN(C(=O)C2=NCCC(c3cccc(Cl)c3)=CN2)CCN1. The molecule has 0 spiro atoms. The molecule has 6 heteroatoms. The number of nitrogens with one attached hydrogen (secondary N) is 2. The van der Waals surface area contributed by atoms with E-state index in [0.717, 1.165) is 30.6 Å². The Labute approximate surface area is 141 Å². The van der Waals surface area contributed by atoms with E-state index < -0.39 is 0 Å². The van der Waals surface area contributed by atoms with Crippen LogP contribution in [0, 0.1) is 0 Å². The summed E-state index contributed by atoms with van der Waals surface area (Å²) in [6.45, 7) is 4.93. The van der Waals surface area contributed by atoms with Crippen molar-refractivity contribution < 1.29 is 4.79 Å². The molecule has 2 heterocycles. The molecule has 0 aliphatic carbocycles. The summed E-state index contributed by atoms with van der Waals surface area (Å²) in [5, 5.41) is 7.14. The van der Waals surface area contributed by atoms with Crippen LogP contribution in [-0.4, -0.2) is 48.9 Å². The van der Waals surface area contributed by atoms with Crippen LogP contribution in [0.2, 0.25) is 5.02 Å². The lowest BCUT2D eigenvalue weighted by Gasteiger charge is -2.31. The number of piperazine rings is 1. The van der Waals surface area contributed by atoms with Crippen molar-refractivity contribution in [1.29, 1.82) is 0 Å². The van der Waals surface area contributed by atoms with Crippen molar-refractivity contribution in [3.05, 3.63) is 41.1 Å². The average Bonchev–Trinajstić information content (AvgIpc) is 2.80. The van der Waals surface area contributed by atoms with E-state index in [4.69, 9.17) is 11.6 Å². The molecule has 1 fully saturated rings. The predicted molar refractivity (Wildman–Crippen MR) is 93.5 cm³/mol. The van der Waals surface area contributed by atoms with Gasteiger partial charge in [0.2, 0.25) is 0 Å². The quantitative estimate of drug-likeness (QED) is 0.869. The Morgan fingerprint density at radius 2 is 2.30 bits per heavy atom. The van der Waals surface area contributed by atoms with Crippen LogP contribution in [0.1, 0.15) is 18.9 Å². The normalized spacial score (nSPS) is 21.8. The van der Waals surface area contributed by atoms with Crippen molar-refractivity contribution in [2.75, 3.05) is 26.2 Å². The molecule has 1 saturated heterocycles. The smallest absolute Gasteiger partial charge is 0.289 e.